The smallest absolute Gasteiger partial charge is 0.309 e. The average molecular weight is 254 g/mol. The van der Waals surface area contributed by atoms with Gasteiger partial charge >= 0.3 is 5.97 Å². The fourth-order valence-electron chi connectivity index (χ4n) is 3.03. The van der Waals surface area contributed by atoms with Gasteiger partial charge in [-0.05, 0) is 52.1 Å². The molecule has 1 unspecified atom stereocenters. The van der Waals surface area contributed by atoms with E-state index in [1.165, 1.54) is 0 Å². The third kappa shape index (κ3) is 2.83. The highest BCUT2D eigenvalue weighted by Crippen LogP contribution is 2.27. The second kappa shape index (κ2) is 6.18. The van der Waals surface area contributed by atoms with Gasteiger partial charge in [0.25, 0.3) is 0 Å². The van der Waals surface area contributed by atoms with Crippen LogP contribution in [0.1, 0.15) is 39.0 Å². The molecule has 5 heteroatoms. The Hall–Kier alpha value is -1.10. The number of ether oxygens (including phenoxy) is 1. The maximum Gasteiger partial charge on any atom is 0.309 e. The minimum absolute atomic E-state index is 0.0529. The summed E-state index contributed by atoms with van der Waals surface area (Å²) in [7, 11) is 0. The molecule has 1 atom stereocenters. The number of carbonyl (C=O) groups is 1. The molecule has 0 radical (unpaired) electrons. The van der Waals surface area contributed by atoms with Crippen LogP contribution in [-0.4, -0.2) is 47.5 Å². The third-order valence-electron chi connectivity index (χ3n) is 4.01. The highest BCUT2D eigenvalue weighted by Gasteiger charge is 2.33. The molecule has 102 valence electrons. The zero-order chi connectivity index (χ0) is 13.0. The van der Waals surface area contributed by atoms with Crippen molar-refractivity contribution in [1.29, 1.82) is 0 Å². The summed E-state index contributed by atoms with van der Waals surface area (Å²) in [6, 6.07) is 0.290. The Balaban J connectivity index is 1.85. The molecule has 0 spiro atoms. The van der Waals surface area contributed by atoms with Gasteiger partial charge in [0, 0.05) is 0 Å². The van der Waals surface area contributed by atoms with Gasteiger partial charge in [-0.1, -0.05) is 5.16 Å². The van der Waals surface area contributed by atoms with Crippen molar-refractivity contribution in [1.82, 2.24) is 4.90 Å². The standard InChI is InChI=1S/C13H22N2O3/c1-2-18-13(16)10-6-8-15(9-7-10)12-5-3-4-11(12)14-17/h10,12,17H,2-9H2,1H3. The normalized spacial score (nSPS) is 28.7. The summed E-state index contributed by atoms with van der Waals surface area (Å²) in [5.41, 5.74) is 0.907. The van der Waals surface area contributed by atoms with Gasteiger partial charge in [0.15, 0.2) is 0 Å². The first-order valence-electron chi connectivity index (χ1n) is 6.87. The summed E-state index contributed by atoms with van der Waals surface area (Å²) in [4.78, 5) is 14.0. The lowest BCUT2D eigenvalue weighted by Crippen LogP contribution is -2.44. The molecule has 5 nitrogen and oxygen atoms in total. The maximum atomic E-state index is 11.6. The van der Waals surface area contributed by atoms with E-state index in [-0.39, 0.29) is 17.9 Å². The van der Waals surface area contributed by atoms with Crippen molar-refractivity contribution in [3.05, 3.63) is 0 Å². The van der Waals surface area contributed by atoms with E-state index >= 15 is 0 Å². The molecular weight excluding hydrogens is 232 g/mol. The van der Waals surface area contributed by atoms with E-state index in [1.54, 1.807) is 0 Å². The molecule has 0 aromatic heterocycles. The lowest BCUT2D eigenvalue weighted by Gasteiger charge is -2.34. The van der Waals surface area contributed by atoms with E-state index < -0.39 is 0 Å². The number of carbonyl (C=O) groups excluding carboxylic acids is 1. The molecular formula is C13H22N2O3. The molecule has 0 bridgehead atoms. The minimum atomic E-state index is -0.0559. The predicted octanol–water partition coefficient (Wildman–Crippen LogP) is 1.64. The topological polar surface area (TPSA) is 62.1 Å². The lowest BCUT2D eigenvalue weighted by atomic mass is 9.95. The van der Waals surface area contributed by atoms with E-state index in [2.05, 4.69) is 10.1 Å². The van der Waals surface area contributed by atoms with Crippen LogP contribution >= 0.6 is 0 Å². The molecule has 1 aliphatic heterocycles. The van der Waals surface area contributed by atoms with Crippen molar-refractivity contribution in [3.63, 3.8) is 0 Å². The summed E-state index contributed by atoms with van der Waals surface area (Å²) in [5, 5.41) is 12.4. The molecule has 2 rings (SSSR count). The molecule has 1 aliphatic carbocycles. The minimum Gasteiger partial charge on any atom is -0.466 e. The Labute approximate surface area is 108 Å². The molecule has 0 aromatic rings. The highest BCUT2D eigenvalue weighted by molar-refractivity contribution is 5.90. The SMILES string of the molecule is CCOC(=O)C1CCN(C2CCCC2=NO)CC1. The fourth-order valence-corrected chi connectivity index (χ4v) is 3.03. The fraction of sp³-hybridized carbons (Fsp3) is 0.846. The number of esters is 1. The Morgan fingerprint density at radius 3 is 2.78 bits per heavy atom. The van der Waals surface area contributed by atoms with Crippen molar-refractivity contribution in [2.24, 2.45) is 11.1 Å². The van der Waals surface area contributed by atoms with Crippen molar-refractivity contribution in [2.45, 2.75) is 45.1 Å². The number of oxime groups is 1. The highest BCUT2D eigenvalue weighted by atomic mass is 16.5. The van der Waals surface area contributed by atoms with E-state index in [4.69, 9.17) is 9.94 Å². The van der Waals surface area contributed by atoms with Gasteiger partial charge in [0.1, 0.15) is 0 Å². The van der Waals surface area contributed by atoms with E-state index in [9.17, 15) is 4.79 Å². The molecule has 2 fully saturated rings. The number of piperidine rings is 1. The van der Waals surface area contributed by atoms with E-state index in [0.29, 0.717) is 6.61 Å². The second-order valence-electron chi connectivity index (χ2n) is 5.06. The van der Waals surface area contributed by atoms with Gasteiger partial charge in [-0.25, -0.2) is 0 Å². The molecule has 1 saturated heterocycles. The molecule has 1 saturated carbocycles. The van der Waals surface area contributed by atoms with E-state index in [0.717, 1.165) is 50.9 Å². The number of likely N-dealkylation sites (tertiary alicyclic amines) is 1. The van der Waals surface area contributed by atoms with Crippen molar-refractivity contribution >= 4 is 11.7 Å². The molecule has 18 heavy (non-hydrogen) atoms. The number of hydrogen-bond acceptors (Lipinski definition) is 5. The number of rotatable bonds is 3. The van der Waals surface area contributed by atoms with Gasteiger partial charge in [-0.3, -0.25) is 9.69 Å². The first-order chi connectivity index (χ1) is 8.76. The maximum absolute atomic E-state index is 11.6. The monoisotopic (exact) mass is 254 g/mol. The molecule has 0 aromatic carbocycles. The zero-order valence-corrected chi connectivity index (χ0v) is 11.0. The summed E-state index contributed by atoms with van der Waals surface area (Å²) in [6.07, 6.45) is 4.78. The van der Waals surface area contributed by atoms with Crippen molar-refractivity contribution in [3.8, 4) is 0 Å². The second-order valence-corrected chi connectivity index (χ2v) is 5.06. The Bertz CT molecular complexity index is 322. The van der Waals surface area contributed by atoms with Crippen LogP contribution in [0.4, 0.5) is 0 Å². The van der Waals surface area contributed by atoms with Crippen LogP contribution in [0.25, 0.3) is 0 Å². The largest absolute Gasteiger partial charge is 0.466 e. The summed E-state index contributed by atoms with van der Waals surface area (Å²) in [5.74, 6) is -0.00302. The lowest BCUT2D eigenvalue weighted by molar-refractivity contribution is -0.149. The van der Waals surface area contributed by atoms with Crippen LogP contribution in [0, 0.1) is 5.92 Å². The summed E-state index contributed by atoms with van der Waals surface area (Å²) >= 11 is 0. The number of hydrogen-bond donors (Lipinski definition) is 1. The first kappa shape index (κ1) is 13.3. The van der Waals surface area contributed by atoms with Gasteiger partial charge in [-0.2, -0.15) is 0 Å². The average Bonchev–Trinajstić information content (AvgIpc) is 2.87. The van der Waals surface area contributed by atoms with Crippen LogP contribution in [-0.2, 0) is 9.53 Å². The molecule has 0 amide bonds. The van der Waals surface area contributed by atoms with Gasteiger partial charge in [0.05, 0.1) is 24.3 Å². The van der Waals surface area contributed by atoms with Crippen molar-refractivity contribution in [2.75, 3.05) is 19.7 Å². The summed E-state index contributed by atoms with van der Waals surface area (Å²) in [6.45, 7) is 4.10. The molecule has 1 N–H and O–H groups in total. The van der Waals surface area contributed by atoms with Crippen LogP contribution in [0.3, 0.4) is 0 Å². The van der Waals surface area contributed by atoms with Gasteiger partial charge < -0.3 is 9.94 Å². The molecule has 2 aliphatic rings. The van der Waals surface area contributed by atoms with Crippen LogP contribution < -0.4 is 0 Å². The Morgan fingerprint density at radius 2 is 2.17 bits per heavy atom. The van der Waals surface area contributed by atoms with Crippen LogP contribution in [0.5, 0.6) is 0 Å². The first-order valence-corrected chi connectivity index (χ1v) is 6.87. The zero-order valence-electron chi connectivity index (χ0n) is 11.0. The quantitative estimate of drug-likeness (QED) is 0.472. The Morgan fingerprint density at radius 1 is 1.44 bits per heavy atom. The predicted molar refractivity (Wildman–Crippen MR) is 67.8 cm³/mol. The third-order valence-corrected chi connectivity index (χ3v) is 4.01. The molecule has 1 heterocycles. The van der Waals surface area contributed by atoms with Gasteiger partial charge in [0.2, 0.25) is 0 Å². The van der Waals surface area contributed by atoms with E-state index in [1.807, 2.05) is 6.92 Å². The van der Waals surface area contributed by atoms with Crippen LogP contribution in [0.2, 0.25) is 0 Å². The van der Waals surface area contributed by atoms with Gasteiger partial charge in [-0.15, -0.1) is 0 Å². The Kier molecular flexibility index (Phi) is 4.58. The number of nitrogens with zero attached hydrogens (tertiary/aromatic N) is 2. The summed E-state index contributed by atoms with van der Waals surface area (Å²) < 4.78 is 5.06. The van der Waals surface area contributed by atoms with Crippen LogP contribution in [0.15, 0.2) is 5.16 Å². The van der Waals surface area contributed by atoms with Crippen molar-refractivity contribution < 1.29 is 14.7 Å².